The average Bonchev–Trinajstić information content (AvgIpc) is 2.63. The van der Waals surface area contributed by atoms with Gasteiger partial charge in [-0.3, -0.25) is 0 Å². The third kappa shape index (κ3) is 2.98. The van der Waals surface area contributed by atoms with Gasteiger partial charge in [-0.1, -0.05) is 20.3 Å². The second-order valence-corrected chi connectivity index (χ2v) is 6.24. The lowest BCUT2D eigenvalue weighted by atomic mass is 9.78. The largest absolute Gasteiger partial charge is 0.313 e. The van der Waals surface area contributed by atoms with Crippen LogP contribution in [0.3, 0.4) is 0 Å². The smallest absolute Gasteiger partial charge is 0.0118 e. The van der Waals surface area contributed by atoms with Crippen LogP contribution in [0.2, 0.25) is 0 Å². The molecule has 0 aromatic carbocycles. The van der Waals surface area contributed by atoms with Gasteiger partial charge in [0.05, 0.1) is 0 Å². The predicted octanol–water partition coefficient (Wildman–Crippen LogP) is 2.35. The van der Waals surface area contributed by atoms with Gasteiger partial charge in [0.25, 0.3) is 0 Å². The van der Waals surface area contributed by atoms with Crippen LogP contribution in [0, 0.1) is 17.8 Å². The van der Waals surface area contributed by atoms with Crippen molar-refractivity contribution in [1.82, 2.24) is 10.2 Å². The molecule has 3 atom stereocenters. The lowest BCUT2D eigenvalue weighted by Gasteiger charge is -2.36. The van der Waals surface area contributed by atoms with E-state index < -0.39 is 0 Å². The van der Waals surface area contributed by atoms with Gasteiger partial charge in [0, 0.05) is 12.6 Å². The first-order valence-corrected chi connectivity index (χ1v) is 7.08. The molecule has 2 heteroatoms. The molecule has 1 saturated carbocycles. The van der Waals surface area contributed by atoms with Crippen LogP contribution in [0.25, 0.3) is 0 Å². The van der Waals surface area contributed by atoms with Gasteiger partial charge in [-0.2, -0.15) is 0 Å². The van der Waals surface area contributed by atoms with E-state index in [0.29, 0.717) is 0 Å². The fourth-order valence-corrected chi connectivity index (χ4v) is 3.58. The Morgan fingerprint density at radius 2 is 1.81 bits per heavy atom. The molecule has 1 N–H and O–H groups in total. The lowest BCUT2D eigenvalue weighted by molar-refractivity contribution is 0.201. The van der Waals surface area contributed by atoms with Crippen LogP contribution in [0.4, 0.5) is 0 Å². The molecule has 1 saturated heterocycles. The summed E-state index contributed by atoms with van der Waals surface area (Å²) in [5.74, 6) is 2.65. The Balaban J connectivity index is 1.75. The number of hydrogen-bond acceptors (Lipinski definition) is 2. The fraction of sp³-hybridized carbons (Fsp3) is 1.00. The van der Waals surface area contributed by atoms with Crippen molar-refractivity contribution in [3.63, 3.8) is 0 Å². The molecule has 1 aliphatic heterocycles. The summed E-state index contributed by atoms with van der Waals surface area (Å²) >= 11 is 0. The first-order chi connectivity index (χ1) is 7.66. The quantitative estimate of drug-likeness (QED) is 0.791. The van der Waals surface area contributed by atoms with Crippen molar-refractivity contribution in [2.24, 2.45) is 17.8 Å². The van der Waals surface area contributed by atoms with E-state index in [1.54, 1.807) is 0 Å². The third-order valence-corrected chi connectivity index (χ3v) is 4.68. The van der Waals surface area contributed by atoms with E-state index in [9.17, 15) is 0 Å². The highest BCUT2D eigenvalue weighted by Gasteiger charge is 2.28. The maximum atomic E-state index is 3.86. The van der Waals surface area contributed by atoms with Crippen LogP contribution in [-0.2, 0) is 0 Å². The van der Waals surface area contributed by atoms with Crippen LogP contribution < -0.4 is 5.32 Å². The van der Waals surface area contributed by atoms with Gasteiger partial charge in [-0.05, 0) is 57.2 Å². The molecule has 0 aromatic heterocycles. The van der Waals surface area contributed by atoms with Crippen molar-refractivity contribution >= 4 is 0 Å². The van der Waals surface area contributed by atoms with Crippen LogP contribution in [0.5, 0.6) is 0 Å². The minimum atomic E-state index is 0.777. The van der Waals surface area contributed by atoms with E-state index in [1.165, 1.54) is 45.3 Å². The molecule has 2 rings (SSSR count). The normalized spacial score (nSPS) is 41.4. The summed E-state index contributed by atoms with van der Waals surface area (Å²) in [6.45, 7) is 8.68. The summed E-state index contributed by atoms with van der Waals surface area (Å²) in [6.07, 6.45) is 5.67. The van der Waals surface area contributed by atoms with Crippen molar-refractivity contribution in [2.75, 3.05) is 26.7 Å². The van der Waals surface area contributed by atoms with Gasteiger partial charge in [0.1, 0.15) is 0 Å². The molecule has 2 aliphatic rings. The van der Waals surface area contributed by atoms with Gasteiger partial charge in [-0.15, -0.1) is 0 Å². The molecule has 16 heavy (non-hydrogen) atoms. The minimum absolute atomic E-state index is 0.777. The highest BCUT2D eigenvalue weighted by atomic mass is 15.1. The highest BCUT2D eigenvalue weighted by Crippen LogP contribution is 2.29. The molecule has 3 unspecified atom stereocenters. The SMILES string of the molecule is CC1CCCC(C)C1NCC1CCN(C)C1. The topological polar surface area (TPSA) is 15.3 Å². The predicted molar refractivity (Wildman–Crippen MR) is 69.6 cm³/mol. The third-order valence-electron chi connectivity index (χ3n) is 4.68. The van der Waals surface area contributed by atoms with E-state index in [2.05, 4.69) is 31.1 Å². The Kier molecular flexibility index (Phi) is 4.26. The van der Waals surface area contributed by atoms with E-state index in [1.807, 2.05) is 0 Å². The Bertz CT molecular complexity index is 207. The summed E-state index contributed by atoms with van der Waals surface area (Å²) in [6, 6.07) is 0.777. The molecule has 2 fully saturated rings. The monoisotopic (exact) mass is 224 g/mol. The van der Waals surface area contributed by atoms with Gasteiger partial charge in [0.2, 0.25) is 0 Å². The summed E-state index contributed by atoms with van der Waals surface area (Å²) in [5.41, 5.74) is 0. The van der Waals surface area contributed by atoms with E-state index in [0.717, 1.165) is 23.8 Å². The molecule has 0 amide bonds. The molecule has 0 spiro atoms. The Labute approximate surface area is 101 Å². The molecule has 94 valence electrons. The highest BCUT2D eigenvalue weighted by molar-refractivity contribution is 4.85. The molecule has 0 aromatic rings. The van der Waals surface area contributed by atoms with Gasteiger partial charge >= 0.3 is 0 Å². The standard InChI is InChI=1S/C14H28N2/c1-11-5-4-6-12(2)14(11)15-9-13-7-8-16(3)10-13/h11-15H,4-10H2,1-3H3. The van der Waals surface area contributed by atoms with E-state index >= 15 is 0 Å². The first-order valence-electron chi connectivity index (χ1n) is 7.08. The lowest BCUT2D eigenvalue weighted by Crippen LogP contribution is -2.44. The molecule has 1 aliphatic carbocycles. The molecular weight excluding hydrogens is 196 g/mol. The van der Waals surface area contributed by atoms with Crippen molar-refractivity contribution in [2.45, 2.75) is 45.6 Å². The number of nitrogens with one attached hydrogen (secondary N) is 1. The van der Waals surface area contributed by atoms with Gasteiger partial charge < -0.3 is 10.2 Å². The first kappa shape index (κ1) is 12.4. The molecular formula is C14H28N2. The van der Waals surface area contributed by atoms with E-state index in [4.69, 9.17) is 0 Å². The molecule has 1 heterocycles. The van der Waals surface area contributed by atoms with Crippen molar-refractivity contribution in [3.05, 3.63) is 0 Å². The van der Waals surface area contributed by atoms with Gasteiger partial charge in [-0.25, -0.2) is 0 Å². The zero-order valence-electron chi connectivity index (χ0n) is 11.2. The summed E-state index contributed by atoms with van der Waals surface area (Å²) < 4.78 is 0. The Morgan fingerprint density at radius 1 is 1.12 bits per heavy atom. The fourth-order valence-electron chi connectivity index (χ4n) is 3.58. The van der Waals surface area contributed by atoms with Crippen molar-refractivity contribution in [1.29, 1.82) is 0 Å². The maximum Gasteiger partial charge on any atom is 0.0118 e. The second kappa shape index (κ2) is 5.50. The molecule has 0 bridgehead atoms. The Morgan fingerprint density at radius 3 is 2.38 bits per heavy atom. The zero-order valence-corrected chi connectivity index (χ0v) is 11.2. The van der Waals surface area contributed by atoms with Crippen molar-refractivity contribution < 1.29 is 0 Å². The minimum Gasteiger partial charge on any atom is -0.313 e. The molecule has 2 nitrogen and oxygen atoms in total. The number of nitrogens with zero attached hydrogens (tertiary/aromatic N) is 1. The number of hydrogen-bond donors (Lipinski definition) is 1. The number of likely N-dealkylation sites (tertiary alicyclic amines) is 1. The molecule has 0 radical (unpaired) electrons. The van der Waals surface area contributed by atoms with Gasteiger partial charge in [0.15, 0.2) is 0 Å². The van der Waals surface area contributed by atoms with Crippen LogP contribution in [0.1, 0.15) is 39.5 Å². The van der Waals surface area contributed by atoms with Crippen molar-refractivity contribution in [3.8, 4) is 0 Å². The Hall–Kier alpha value is -0.0800. The summed E-state index contributed by atoms with van der Waals surface area (Å²) in [5, 5.41) is 3.86. The van der Waals surface area contributed by atoms with Crippen LogP contribution in [0.15, 0.2) is 0 Å². The summed E-state index contributed by atoms with van der Waals surface area (Å²) in [4.78, 5) is 2.46. The number of rotatable bonds is 3. The van der Waals surface area contributed by atoms with E-state index in [-0.39, 0.29) is 0 Å². The maximum absolute atomic E-state index is 3.86. The van der Waals surface area contributed by atoms with Crippen LogP contribution >= 0.6 is 0 Å². The summed E-state index contributed by atoms with van der Waals surface area (Å²) in [7, 11) is 2.24. The average molecular weight is 224 g/mol. The van der Waals surface area contributed by atoms with Crippen LogP contribution in [-0.4, -0.2) is 37.6 Å². The second-order valence-electron chi connectivity index (χ2n) is 6.24. The zero-order chi connectivity index (χ0) is 11.5.